The van der Waals surface area contributed by atoms with Gasteiger partial charge in [0.15, 0.2) is 9.84 Å². The number of nitrogens with zero attached hydrogens (tertiary/aromatic N) is 1. The van der Waals surface area contributed by atoms with Gasteiger partial charge in [-0.1, -0.05) is 12.1 Å². The maximum absolute atomic E-state index is 11.6. The van der Waals surface area contributed by atoms with E-state index in [1.165, 1.54) is 7.11 Å². The van der Waals surface area contributed by atoms with Gasteiger partial charge in [0.1, 0.15) is 5.75 Å². The summed E-state index contributed by atoms with van der Waals surface area (Å²) in [5.41, 5.74) is 1.21. The van der Waals surface area contributed by atoms with Crippen molar-refractivity contribution in [2.24, 2.45) is 0 Å². The normalized spacial score (nSPS) is 22.0. The van der Waals surface area contributed by atoms with E-state index < -0.39 is 17.0 Å². The zero-order valence-corrected chi connectivity index (χ0v) is 13.0. The van der Waals surface area contributed by atoms with E-state index in [1.807, 2.05) is 13.0 Å². The Balaban J connectivity index is 2.15. The summed E-state index contributed by atoms with van der Waals surface area (Å²) in [5, 5.41) is 18.7. The van der Waals surface area contributed by atoms with Crippen LogP contribution in [0.1, 0.15) is 12.5 Å². The number of sulfone groups is 1. The van der Waals surface area contributed by atoms with Gasteiger partial charge in [-0.25, -0.2) is 8.42 Å². The number of rotatable bonds is 4. The molecule has 1 aliphatic rings. The third-order valence-electron chi connectivity index (χ3n) is 3.77. The maximum atomic E-state index is 11.6. The van der Waals surface area contributed by atoms with E-state index >= 15 is 0 Å². The second-order valence-electron chi connectivity index (χ2n) is 5.38. The lowest BCUT2D eigenvalue weighted by Crippen LogP contribution is -2.46. The second-order valence-corrected chi connectivity index (χ2v) is 7.61. The van der Waals surface area contributed by atoms with Crippen molar-refractivity contribution in [3.63, 3.8) is 0 Å². The minimum atomic E-state index is -2.93. The largest absolute Gasteiger partial charge is 0.497 e. The van der Waals surface area contributed by atoms with Gasteiger partial charge in [-0.3, -0.25) is 4.90 Å². The van der Waals surface area contributed by atoms with E-state index in [0.29, 0.717) is 24.3 Å². The van der Waals surface area contributed by atoms with E-state index in [4.69, 9.17) is 4.74 Å². The molecule has 0 saturated carbocycles. The molecule has 1 unspecified atom stereocenters. The van der Waals surface area contributed by atoms with Crippen molar-refractivity contribution < 1.29 is 23.2 Å². The number of ether oxygens (including phenoxy) is 1. The summed E-state index contributed by atoms with van der Waals surface area (Å²) in [6, 6.07) is 5.17. The number of hydrogen-bond acceptors (Lipinski definition) is 6. The number of hydrogen-bond donors (Lipinski definition) is 2. The molecule has 1 heterocycles. The van der Waals surface area contributed by atoms with Crippen molar-refractivity contribution in [3.05, 3.63) is 23.8 Å². The highest BCUT2D eigenvalue weighted by molar-refractivity contribution is 7.91. The molecule has 0 spiro atoms. The topological polar surface area (TPSA) is 87.1 Å². The summed E-state index contributed by atoms with van der Waals surface area (Å²) >= 11 is 0. The second kappa shape index (κ2) is 6.35. The Morgan fingerprint density at radius 1 is 1.43 bits per heavy atom. The average Bonchev–Trinajstić information content (AvgIpc) is 2.41. The van der Waals surface area contributed by atoms with Gasteiger partial charge in [0, 0.05) is 24.6 Å². The summed E-state index contributed by atoms with van der Waals surface area (Å²) in [6.45, 7) is 2.95. The zero-order chi connectivity index (χ0) is 15.6. The van der Waals surface area contributed by atoms with Crippen molar-refractivity contribution in [2.45, 2.75) is 19.5 Å². The first kappa shape index (κ1) is 16.3. The predicted octanol–water partition coefficient (Wildman–Crippen LogP) is -1.01. The quantitative estimate of drug-likeness (QED) is 0.693. The van der Waals surface area contributed by atoms with Crippen LogP contribution in [0.4, 0.5) is 0 Å². The average molecular weight is 313 g/mol. The molecular formula is C13H20BNO5S. The van der Waals surface area contributed by atoms with Gasteiger partial charge in [0.25, 0.3) is 0 Å². The summed E-state index contributed by atoms with van der Waals surface area (Å²) in [4.78, 5) is 2.08. The summed E-state index contributed by atoms with van der Waals surface area (Å²) in [7, 11) is -3.06. The molecule has 1 aromatic rings. The standard InChI is InChI=1S/C13H20BNO5S/c1-10-9-21(18,19)6-5-15(10)8-11-3-4-13(20-2)12(7-11)14(16)17/h3-4,7,10,16-17H,5-6,8-9H2,1-2H3. The Labute approximate surface area is 125 Å². The molecule has 1 saturated heterocycles. The monoisotopic (exact) mass is 313 g/mol. The Hall–Kier alpha value is -1.09. The molecule has 2 rings (SSSR count). The Bertz CT molecular complexity index is 605. The lowest BCUT2D eigenvalue weighted by molar-refractivity contribution is 0.218. The summed E-state index contributed by atoms with van der Waals surface area (Å²) < 4.78 is 28.2. The van der Waals surface area contributed by atoms with E-state index in [9.17, 15) is 18.5 Å². The molecule has 0 bridgehead atoms. The van der Waals surface area contributed by atoms with Crippen molar-refractivity contribution in [1.82, 2.24) is 4.90 Å². The predicted molar refractivity (Wildman–Crippen MR) is 81.3 cm³/mol. The fourth-order valence-electron chi connectivity index (χ4n) is 2.59. The van der Waals surface area contributed by atoms with Gasteiger partial charge in [-0.05, 0) is 18.6 Å². The molecule has 1 atom stereocenters. The van der Waals surface area contributed by atoms with Crippen LogP contribution in [0, 0.1) is 0 Å². The molecule has 6 nitrogen and oxygen atoms in total. The van der Waals surface area contributed by atoms with Crippen molar-refractivity contribution in [2.75, 3.05) is 25.2 Å². The van der Waals surface area contributed by atoms with Gasteiger partial charge >= 0.3 is 7.12 Å². The first-order valence-electron chi connectivity index (χ1n) is 6.80. The highest BCUT2D eigenvalue weighted by Crippen LogP contribution is 2.17. The molecule has 1 fully saturated rings. The van der Waals surface area contributed by atoms with E-state index in [1.54, 1.807) is 12.1 Å². The van der Waals surface area contributed by atoms with Crippen LogP contribution in [0.5, 0.6) is 5.75 Å². The van der Waals surface area contributed by atoms with Gasteiger partial charge in [0.2, 0.25) is 0 Å². The molecule has 0 aliphatic carbocycles. The summed E-state index contributed by atoms with van der Waals surface area (Å²) in [6.07, 6.45) is 0. The smallest absolute Gasteiger partial charge is 0.492 e. The third-order valence-corrected chi connectivity index (χ3v) is 5.56. The van der Waals surface area contributed by atoms with E-state index in [0.717, 1.165) is 5.56 Å². The van der Waals surface area contributed by atoms with Crippen LogP contribution in [-0.4, -0.2) is 61.7 Å². The van der Waals surface area contributed by atoms with Crippen molar-refractivity contribution in [1.29, 1.82) is 0 Å². The zero-order valence-electron chi connectivity index (χ0n) is 12.2. The number of methoxy groups -OCH3 is 1. The highest BCUT2D eigenvalue weighted by Gasteiger charge is 2.28. The van der Waals surface area contributed by atoms with Crippen LogP contribution in [0.3, 0.4) is 0 Å². The van der Waals surface area contributed by atoms with Crippen LogP contribution in [0.25, 0.3) is 0 Å². The van der Waals surface area contributed by atoms with Gasteiger partial charge in [0.05, 0.1) is 18.6 Å². The van der Waals surface area contributed by atoms with Crippen molar-refractivity contribution >= 4 is 22.4 Å². The van der Waals surface area contributed by atoms with Gasteiger partial charge < -0.3 is 14.8 Å². The number of benzene rings is 1. The van der Waals surface area contributed by atoms with Crippen LogP contribution in [-0.2, 0) is 16.4 Å². The molecular weight excluding hydrogens is 293 g/mol. The fraction of sp³-hybridized carbons (Fsp3) is 0.538. The molecule has 2 N–H and O–H groups in total. The highest BCUT2D eigenvalue weighted by atomic mass is 32.2. The minimum absolute atomic E-state index is 0.0478. The lowest BCUT2D eigenvalue weighted by atomic mass is 9.78. The molecule has 1 aliphatic heterocycles. The van der Waals surface area contributed by atoms with Crippen LogP contribution in [0.15, 0.2) is 18.2 Å². The SMILES string of the molecule is COc1ccc(CN2CCS(=O)(=O)CC2C)cc1B(O)O. The Kier molecular flexibility index (Phi) is 4.93. The Morgan fingerprint density at radius 2 is 2.14 bits per heavy atom. The van der Waals surface area contributed by atoms with E-state index in [-0.39, 0.29) is 17.5 Å². The Morgan fingerprint density at radius 3 is 2.71 bits per heavy atom. The van der Waals surface area contributed by atoms with Crippen LogP contribution < -0.4 is 10.2 Å². The van der Waals surface area contributed by atoms with Crippen LogP contribution in [0.2, 0.25) is 0 Å². The van der Waals surface area contributed by atoms with Crippen LogP contribution >= 0.6 is 0 Å². The maximum Gasteiger partial charge on any atom is 0.492 e. The molecule has 0 aromatic heterocycles. The van der Waals surface area contributed by atoms with E-state index in [2.05, 4.69) is 4.90 Å². The van der Waals surface area contributed by atoms with Crippen molar-refractivity contribution in [3.8, 4) is 5.75 Å². The first-order valence-corrected chi connectivity index (χ1v) is 8.62. The summed E-state index contributed by atoms with van der Waals surface area (Å²) in [5.74, 6) is 0.754. The molecule has 21 heavy (non-hydrogen) atoms. The third kappa shape index (κ3) is 3.97. The fourth-order valence-corrected chi connectivity index (χ4v) is 4.21. The molecule has 8 heteroatoms. The molecule has 0 amide bonds. The molecule has 0 radical (unpaired) electrons. The molecule has 1 aromatic carbocycles. The van der Waals surface area contributed by atoms with Gasteiger partial charge in [-0.15, -0.1) is 0 Å². The van der Waals surface area contributed by atoms with Gasteiger partial charge in [-0.2, -0.15) is 0 Å². The molecule has 116 valence electrons. The first-order chi connectivity index (χ1) is 9.82. The lowest BCUT2D eigenvalue weighted by Gasteiger charge is -2.33. The minimum Gasteiger partial charge on any atom is -0.497 e.